The average molecular weight is 346 g/mol. The maximum Gasteiger partial charge on any atom is 0.371 e. The highest BCUT2D eigenvalue weighted by Gasteiger charge is 2.14. The highest BCUT2D eigenvalue weighted by molar-refractivity contribution is 9.10. The smallest absolute Gasteiger partial charge is 0.371 e. The number of carboxylic acid groups (broad SMARTS) is 1. The fraction of sp³-hybridized carbons (Fsp3) is 0.154. The summed E-state index contributed by atoms with van der Waals surface area (Å²) in [6.07, 6.45) is 0. The highest BCUT2D eigenvalue weighted by Crippen LogP contribution is 2.29. The van der Waals surface area contributed by atoms with Crippen LogP contribution in [0.1, 0.15) is 21.9 Å². The Morgan fingerprint density at radius 3 is 2.84 bits per heavy atom. The molecule has 1 N–H and O–H groups in total. The maximum atomic E-state index is 10.8. The highest BCUT2D eigenvalue weighted by atomic mass is 79.9. The maximum absolute atomic E-state index is 10.8. The summed E-state index contributed by atoms with van der Waals surface area (Å²) >= 11 is 9.32. The molecule has 0 atom stereocenters. The van der Waals surface area contributed by atoms with E-state index in [-0.39, 0.29) is 12.4 Å². The van der Waals surface area contributed by atoms with E-state index in [4.69, 9.17) is 25.9 Å². The lowest BCUT2D eigenvalue weighted by molar-refractivity contribution is 0.0661. The van der Waals surface area contributed by atoms with Crippen LogP contribution in [0.5, 0.6) is 5.75 Å². The van der Waals surface area contributed by atoms with Crippen LogP contribution in [0.15, 0.2) is 33.2 Å². The lowest BCUT2D eigenvalue weighted by Crippen LogP contribution is -1.96. The van der Waals surface area contributed by atoms with Crippen LogP contribution in [0.3, 0.4) is 0 Å². The second-order valence-corrected chi connectivity index (χ2v) is 5.18. The molecule has 0 radical (unpaired) electrons. The molecule has 0 unspecified atom stereocenters. The summed E-state index contributed by atoms with van der Waals surface area (Å²) < 4.78 is 11.5. The quantitative estimate of drug-likeness (QED) is 0.898. The second kappa shape index (κ2) is 5.67. The molecule has 2 rings (SSSR count). The number of aryl methyl sites for hydroxylation is 1. The van der Waals surface area contributed by atoms with Crippen LogP contribution in [-0.2, 0) is 6.61 Å². The Kier molecular flexibility index (Phi) is 4.17. The molecule has 0 aliphatic rings. The molecule has 100 valence electrons. The van der Waals surface area contributed by atoms with Crippen LogP contribution in [0, 0.1) is 6.92 Å². The van der Waals surface area contributed by atoms with Crippen LogP contribution >= 0.6 is 27.5 Å². The van der Waals surface area contributed by atoms with Gasteiger partial charge in [-0.25, -0.2) is 4.79 Å². The molecule has 0 spiro atoms. The zero-order valence-corrected chi connectivity index (χ0v) is 12.3. The van der Waals surface area contributed by atoms with Gasteiger partial charge in [0.15, 0.2) is 0 Å². The van der Waals surface area contributed by atoms with Gasteiger partial charge < -0.3 is 14.3 Å². The van der Waals surface area contributed by atoms with E-state index in [0.717, 1.165) is 4.47 Å². The standard InChI is InChI=1S/C13H10BrClO4/c1-7-8(4-12(19-7)13(16)17)6-18-11-5-9(14)2-3-10(11)15/h2-5H,6H2,1H3,(H,16,17). The van der Waals surface area contributed by atoms with E-state index in [2.05, 4.69) is 15.9 Å². The minimum Gasteiger partial charge on any atom is -0.487 e. The monoisotopic (exact) mass is 344 g/mol. The summed E-state index contributed by atoms with van der Waals surface area (Å²) in [6.45, 7) is 1.88. The SMILES string of the molecule is Cc1oc(C(=O)O)cc1COc1cc(Br)ccc1Cl. The Morgan fingerprint density at radius 1 is 1.47 bits per heavy atom. The van der Waals surface area contributed by atoms with Crippen LogP contribution in [0.4, 0.5) is 0 Å². The summed E-state index contributed by atoms with van der Waals surface area (Å²) in [7, 11) is 0. The van der Waals surface area contributed by atoms with E-state index in [1.54, 1.807) is 25.1 Å². The van der Waals surface area contributed by atoms with Crippen LogP contribution in [0.25, 0.3) is 0 Å². The normalized spacial score (nSPS) is 10.5. The number of carbonyl (C=O) groups is 1. The van der Waals surface area contributed by atoms with Crippen molar-refractivity contribution in [3.05, 3.63) is 50.8 Å². The molecule has 1 aromatic heterocycles. The molecule has 0 aliphatic carbocycles. The van der Waals surface area contributed by atoms with Gasteiger partial charge in [0.25, 0.3) is 0 Å². The van der Waals surface area contributed by atoms with Gasteiger partial charge in [0.2, 0.25) is 5.76 Å². The topological polar surface area (TPSA) is 59.7 Å². The average Bonchev–Trinajstić information content (AvgIpc) is 2.72. The molecule has 0 saturated heterocycles. The van der Waals surface area contributed by atoms with Crippen molar-refractivity contribution in [3.63, 3.8) is 0 Å². The van der Waals surface area contributed by atoms with Gasteiger partial charge in [-0.3, -0.25) is 0 Å². The molecule has 0 amide bonds. The first-order valence-corrected chi connectivity index (χ1v) is 6.55. The first kappa shape index (κ1) is 14.0. The number of aromatic carboxylic acids is 1. The fourth-order valence-corrected chi connectivity index (χ4v) is 2.02. The Balaban J connectivity index is 2.14. The number of rotatable bonds is 4. The van der Waals surface area contributed by atoms with Gasteiger partial charge in [0.05, 0.1) is 5.02 Å². The molecule has 0 aliphatic heterocycles. The zero-order chi connectivity index (χ0) is 14.0. The van der Waals surface area contributed by atoms with Crippen LogP contribution in [0.2, 0.25) is 5.02 Å². The minimum absolute atomic E-state index is 0.101. The number of carboxylic acids is 1. The van der Waals surface area contributed by atoms with Crippen molar-refractivity contribution in [2.75, 3.05) is 0 Å². The molecule has 6 heteroatoms. The lowest BCUT2D eigenvalue weighted by atomic mass is 10.2. The molecule has 19 heavy (non-hydrogen) atoms. The molecule has 0 fully saturated rings. The van der Waals surface area contributed by atoms with Gasteiger partial charge >= 0.3 is 5.97 Å². The van der Waals surface area contributed by atoms with Crippen molar-refractivity contribution in [2.24, 2.45) is 0 Å². The third-order valence-electron chi connectivity index (χ3n) is 2.51. The summed E-state index contributed by atoms with van der Waals surface area (Å²) in [6, 6.07) is 6.71. The van der Waals surface area contributed by atoms with Crippen molar-refractivity contribution >= 4 is 33.5 Å². The van der Waals surface area contributed by atoms with E-state index in [1.807, 2.05) is 0 Å². The van der Waals surface area contributed by atoms with Crippen molar-refractivity contribution in [1.29, 1.82) is 0 Å². The largest absolute Gasteiger partial charge is 0.487 e. The summed E-state index contributed by atoms with van der Waals surface area (Å²) in [4.78, 5) is 10.8. The Labute approximate surface area is 123 Å². The van der Waals surface area contributed by atoms with Gasteiger partial charge in [-0.1, -0.05) is 27.5 Å². The number of hydrogen-bond acceptors (Lipinski definition) is 3. The predicted molar refractivity (Wildman–Crippen MR) is 73.9 cm³/mol. The van der Waals surface area contributed by atoms with Gasteiger partial charge in [-0.15, -0.1) is 0 Å². The van der Waals surface area contributed by atoms with Gasteiger partial charge in [-0.05, 0) is 31.2 Å². The van der Waals surface area contributed by atoms with E-state index in [0.29, 0.717) is 22.1 Å². The number of halogens is 2. The fourth-order valence-electron chi connectivity index (χ4n) is 1.51. The predicted octanol–water partition coefficient (Wildman–Crippen LogP) is 4.28. The number of benzene rings is 1. The molecule has 0 bridgehead atoms. The number of hydrogen-bond donors (Lipinski definition) is 1. The lowest BCUT2D eigenvalue weighted by Gasteiger charge is -2.07. The molecule has 1 aromatic carbocycles. The van der Waals surface area contributed by atoms with Gasteiger partial charge in [0.1, 0.15) is 18.1 Å². The first-order chi connectivity index (χ1) is 8.97. The van der Waals surface area contributed by atoms with E-state index in [1.165, 1.54) is 6.07 Å². The van der Waals surface area contributed by atoms with Crippen molar-refractivity contribution in [2.45, 2.75) is 13.5 Å². The number of ether oxygens (including phenoxy) is 1. The Hall–Kier alpha value is -1.46. The third-order valence-corrected chi connectivity index (χ3v) is 3.31. The molecular weight excluding hydrogens is 335 g/mol. The Bertz CT molecular complexity index is 621. The summed E-state index contributed by atoms with van der Waals surface area (Å²) in [5.74, 6) is -0.164. The van der Waals surface area contributed by atoms with Crippen molar-refractivity contribution in [3.8, 4) is 5.75 Å². The Morgan fingerprint density at radius 2 is 2.21 bits per heavy atom. The van der Waals surface area contributed by atoms with Crippen molar-refractivity contribution < 1.29 is 19.1 Å². The van der Waals surface area contributed by atoms with Gasteiger partial charge in [-0.2, -0.15) is 0 Å². The number of furan rings is 1. The minimum atomic E-state index is -1.10. The first-order valence-electron chi connectivity index (χ1n) is 5.38. The summed E-state index contributed by atoms with van der Waals surface area (Å²) in [5, 5.41) is 9.32. The van der Waals surface area contributed by atoms with E-state index < -0.39 is 5.97 Å². The molecule has 2 aromatic rings. The summed E-state index contributed by atoms with van der Waals surface area (Å²) in [5.41, 5.74) is 0.674. The van der Waals surface area contributed by atoms with E-state index >= 15 is 0 Å². The van der Waals surface area contributed by atoms with Crippen LogP contribution in [-0.4, -0.2) is 11.1 Å². The van der Waals surface area contributed by atoms with Crippen LogP contribution < -0.4 is 4.74 Å². The van der Waals surface area contributed by atoms with Crippen molar-refractivity contribution in [1.82, 2.24) is 0 Å². The second-order valence-electron chi connectivity index (χ2n) is 3.86. The van der Waals surface area contributed by atoms with E-state index in [9.17, 15) is 4.79 Å². The van der Waals surface area contributed by atoms with Gasteiger partial charge in [0, 0.05) is 10.0 Å². The molecule has 4 nitrogen and oxygen atoms in total. The third kappa shape index (κ3) is 3.30. The molecular formula is C13H10BrClO4. The molecule has 1 heterocycles. The molecule has 0 saturated carbocycles. The zero-order valence-electron chi connectivity index (χ0n) is 9.94.